The van der Waals surface area contributed by atoms with Gasteiger partial charge in [0.15, 0.2) is 5.16 Å². The van der Waals surface area contributed by atoms with Crippen LogP contribution in [0.2, 0.25) is 0 Å². The Bertz CT molecular complexity index is 585. The Morgan fingerprint density at radius 1 is 1.47 bits per heavy atom. The first-order valence-corrected chi connectivity index (χ1v) is 6.71. The minimum absolute atomic E-state index is 0.158. The molecule has 4 nitrogen and oxygen atoms in total. The lowest BCUT2D eigenvalue weighted by molar-refractivity contribution is 0.350. The molecule has 0 aliphatic carbocycles. The molecule has 1 heterocycles. The summed E-state index contributed by atoms with van der Waals surface area (Å²) in [4.78, 5) is 7.20. The number of nitrogens with zero attached hydrogens (tertiary/aromatic N) is 1. The zero-order valence-corrected chi connectivity index (χ0v) is 11.3. The van der Waals surface area contributed by atoms with Gasteiger partial charge in [0.2, 0.25) is 0 Å². The number of rotatable bonds is 4. The van der Waals surface area contributed by atoms with Crippen molar-refractivity contribution in [3.63, 3.8) is 0 Å². The summed E-state index contributed by atoms with van der Waals surface area (Å²) in [6.45, 7) is -0.158. The highest BCUT2D eigenvalue weighted by Crippen LogP contribution is 2.24. The number of aliphatic hydroxyl groups is 1. The molecule has 19 heavy (non-hydrogen) atoms. The largest absolute Gasteiger partial charge is 0.495 e. The topological polar surface area (TPSA) is 58.1 Å². The van der Waals surface area contributed by atoms with E-state index in [9.17, 15) is 0 Å². The maximum atomic E-state index is 8.76. The summed E-state index contributed by atoms with van der Waals surface area (Å²) < 4.78 is 5.24. The van der Waals surface area contributed by atoms with Gasteiger partial charge in [0.25, 0.3) is 0 Å². The third kappa shape index (κ3) is 3.78. The molecule has 0 aliphatic rings. The number of aromatic nitrogens is 2. The summed E-state index contributed by atoms with van der Waals surface area (Å²) >= 11 is 1.62. The number of H-pyrrole nitrogens is 1. The van der Waals surface area contributed by atoms with Crippen LogP contribution in [0.15, 0.2) is 35.7 Å². The van der Waals surface area contributed by atoms with Crippen LogP contribution in [0.25, 0.3) is 0 Å². The van der Waals surface area contributed by atoms with Gasteiger partial charge in [-0.15, -0.1) is 0 Å². The number of benzene rings is 1. The quantitative estimate of drug-likeness (QED) is 0.662. The highest BCUT2D eigenvalue weighted by molar-refractivity contribution is 7.98. The molecule has 0 atom stereocenters. The average Bonchev–Trinajstić information content (AvgIpc) is 2.96. The summed E-state index contributed by atoms with van der Waals surface area (Å²) in [6, 6.07) is 5.86. The SMILES string of the molecule is COc1ccc(CSc2ncc[nH]2)cc1C#CCO. The Morgan fingerprint density at radius 2 is 2.37 bits per heavy atom. The molecule has 0 amide bonds. The Morgan fingerprint density at radius 3 is 3.05 bits per heavy atom. The molecule has 0 saturated heterocycles. The third-order valence-corrected chi connectivity index (χ3v) is 3.39. The lowest BCUT2D eigenvalue weighted by atomic mass is 10.1. The normalized spacial score (nSPS) is 9.79. The van der Waals surface area contributed by atoms with E-state index in [0.717, 1.165) is 22.0 Å². The van der Waals surface area contributed by atoms with E-state index in [1.165, 1.54) is 0 Å². The van der Waals surface area contributed by atoms with Gasteiger partial charge in [-0.25, -0.2) is 4.98 Å². The van der Waals surface area contributed by atoms with E-state index in [1.54, 1.807) is 31.3 Å². The lowest BCUT2D eigenvalue weighted by Gasteiger charge is -2.06. The van der Waals surface area contributed by atoms with Crippen molar-refractivity contribution in [3.05, 3.63) is 41.7 Å². The fourth-order valence-electron chi connectivity index (χ4n) is 1.56. The third-order valence-electron chi connectivity index (χ3n) is 2.41. The van der Waals surface area contributed by atoms with Gasteiger partial charge in [-0.05, 0) is 17.7 Å². The molecule has 0 bridgehead atoms. The van der Waals surface area contributed by atoms with E-state index in [1.807, 2.05) is 18.2 Å². The van der Waals surface area contributed by atoms with Crippen LogP contribution in [0.3, 0.4) is 0 Å². The van der Waals surface area contributed by atoms with Crippen molar-refractivity contribution in [3.8, 4) is 17.6 Å². The zero-order chi connectivity index (χ0) is 13.5. The Labute approximate surface area is 116 Å². The van der Waals surface area contributed by atoms with E-state index >= 15 is 0 Å². The minimum Gasteiger partial charge on any atom is -0.495 e. The van der Waals surface area contributed by atoms with Gasteiger partial charge >= 0.3 is 0 Å². The molecule has 0 saturated carbocycles. The van der Waals surface area contributed by atoms with Gasteiger partial charge in [0.05, 0.1) is 12.7 Å². The van der Waals surface area contributed by atoms with Crippen LogP contribution >= 0.6 is 11.8 Å². The number of ether oxygens (including phenoxy) is 1. The molecule has 0 radical (unpaired) electrons. The van der Waals surface area contributed by atoms with Gasteiger partial charge in [0, 0.05) is 18.1 Å². The number of methoxy groups -OCH3 is 1. The van der Waals surface area contributed by atoms with Crippen molar-refractivity contribution in [2.24, 2.45) is 0 Å². The summed E-state index contributed by atoms with van der Waals surface area (Å²) in [5, 5.41) is 9.65. The van der Waals surface area contributed by atoms with E-state index in [2.05, 4.69) is 21.8 Å². The monoisotopic (exact) mass is 274 g/mol. The highest BCUT2D eigenvalue weighted by Gasteiger charge is 2.03. The number of nitrogens with one attached hydrogen (secondary N) is 1. The summed E-state index contributed by atoms with van der Waals surface area (Å²) in [5.41, 5.74) is 1.92. The molecule has 0 fully saturated rings. The molecule has 0 spiro atoms. The summed E-state index contributed by atoms with van der Waals surface area (Å²) in [7, 11) is 1.61. The summed E-state index contributed by atoms with van der Waals surface area (Å²) in [5.74, 6) is 7.04. The van der Waals surface area contributed by atoms with Crippen LogP contribution in [0.4, 0.5) is 0 Å². The van der Waals surface area contributed by atoms with Crippen molar-refractivity contribution >= 4 is 11.8 Å². The van der Waals surface area contributed by atoms with E-state index < -0.39 is 0 Å². The van der Waals surface area contributed by atoms with Gasteiger partial charge in [-0.1, -0.05) is 29.7 Å². The molecule has 2 aromatic rings. The molecule has 1 aromatic carbocycles. The van der Waals surface area contributed by atoms with Crippen LogP contribution in [0, 0.1) is 11.8 Å². The number of imidazole rings is 1. The van der Waals surface area contributed by atoms with Crippen LogP contribution < -0.4 is 4.74 Å². The zero-order valence-electron chi connectivity index (χ0n) is 10.5. The number of aliphatic hydroxyl groups excluding tert-OH is 1. The number of hydrogen-bond donors (Lipinski definition) is 2. The van der Waals surface area contributed by atoms with E-state index in [0.29, 0.717) is 5.75 Å². The first kappa shape index (κ1) is 13.5. The Kier molecular flexibility index (Phi) is 4.90. The standard InChI is InChI=1S/C14H14N2O2S/c1-18-13-5-4-11(9-12(13)3-2-8-17)10-19-14-15-6-7-16-14/h4-7,9,17H,8,10H2,1H3,(H,15,16). The van der Waals surface area contributed by atoms with E-state index in [-0.39, 0.29) is 6.61 Å². The molecule has 0 aliphatic heterocycles. The van der Waals surface area contributed by atoms with Crippen LogP contribution in [-0.4, -0.2) is 28.8 Å². The van der Waals surface area contributed by atoms with E-state index in [4.69, 9.17) is 9.84 Å². The molecule has 0 unspecified atom stereocenters. The molecule has 98 valence electrons. The maximum Gasteiger partial charge on any atom is 0.165 e. The van der Waals surface area contributed by atoms with Crippen LogP contribution in [0.1, 0.15) is 11.1 Å². The van der Waals surface area contributed by atoms with Crippen molar-refractivity contribution in [2.45, 2.75) is 10.9 Å². The first-order chi connectivity index (χ1) is 9.33. The number of hydrogen-bond acceptors (Lipinski definition) is 4. The number of aromatic amines is 1. The second-order valence-electron chi connectivity index (χ2n) is 3.68. The molecule has 1 aromatic heterocycles. The second kappa shape index (κ2) is 6.88. The maximum absolute atomic E-state index is 8.76. The fraction of sp³-hybridized carbons (Fsp3) is 0.214. The smallest absolute Gasteiger partial charge is 0.165 e. The van der Waals surface area contributed by atoms with Crippen molar-refractivity contribution < 1.29 is 9.84 Å². The van der Waals surface area contributed by atoms with Crippen LogP contribution in [-0.2, 0) is 5.75 Å². The lowest BCUT2D eigenvalue weighted by Crippen LogP contribution is -1.91. The van der Waals surface area contributed by atoms with Crippen molar-refractivity contribution in [2.75, 3.05) is 13.7 Å². The second-order valence-corrected chi connectivity index (χ2v) is 4.64. The van der Waals surface area contributed by atoms with Gasteiger partial charge < -0.3 is 14.8 Å². The molecular formula is C14H14N2O2S. The Hall–Kier alpha value is -1.90. The van der Waals surface area contributed by atoms with Gasteiger partial charge in [0.1, 0.15) is 12.4 Å². The minimum atomic E-state index is -0.158. The van der Waals surface area contributed by atoms with Crippen molar-refractivity contribution in [1.82, 2.24) is 9.97 Å². The Balaban J connectivity index is 2.13. The summed E-state index contributed by atoms with van der Waals surface area (Å²) in [6.07, 6.45) is 3.53. The molecular weight excluding hydrogens is 260 g/mol. The van der Waals surface area contributed by atoms with Gasteiger partial charge in [-0.3, -0.25) is 0 Å². The molecule has 2 N–H and O–H groups in total. The van der Waals surface area contributed by atoms with Crippen LogP contribution in [0.5, 0.6) is 5.75 Å². The fourth-order valence-corrected chi connectivity index (χ4v) is 2.33. The predicted octanol–water partition coefficient (Wildman–Crippen LogP) is 2.05. The van der Waals surface area contributed by atoms with Gasteiger partial charge in [-0.2, -0.15) is 0 Å². The first-order valence-electron chi connectivity index (χ1n) is 5.72. The average molecular weight is 274 g/mol. The highest BCUT2D eigenvalue weighted by atomic mass is 32.2. The van der Waals surface area contributed by atoms with Crippen molar-refractivity contribution in [1.29, 1.82) is 0 Å². The predicted molar refractivity (Wildman–Crippen MR) is 75.1 cm³/mol. The molecule has 2 rings (SSSR count). The molecule has 5 heteroatoms. The number of thioether (sulfide) groups is 1.